The molecule has 0 aliphatic rings. The summed E-state index contributed by atoms with van der Waals surface area (Å²) in [6, 6.07) is 0. The minimum Gasteiger partial charge on any atom is -0.336 e. The highest BCUT2D eigenvalue weighted by Crippen LogP contribution is 2.18. The Morgan fingerprint density at radius 1 is 1.06 bits per heavy atom. The fourth-order valence-corrected chi connectivity index (χ4v) is 1.27. The van der Waals surface area contributed by atoms with Gasteiger partial charge >= 0.3 is 0 Å². The van der Waals surface area contributed by atoms with E-state index in [-0.39, 0.29) is 1.43 Å². The van der Waals surface area contributed by atoms with Gasteiger partial charge in [-0.25, -0.2) is 15.0 Å². The van der Waals surface area contributed by atoms with E-state index in [1.165, 1.54) is 6.42 Å². The fraction of sp³-hybridized carbons (Fsp3) is 0.385. The molecule has 2 aromatic heterocycles. The molecule has 0 amide bonds. The van der Waals surface area contributed by atoms with E-state index >= 15 is 0 Å². The molecule has 0 bridgehead atoms. The summed E-state index contributed by atoms with van der Waals surface area (Å²) in [7, 11) is 0. The number of rotatable bonds is 2. The average molecular weight is 247 g/mol. The molecule has 2 aromatic rings. The Hall–Kier alpha value is -2.04. The molecule has 0 aliphatic heterocycles. The van der Waals surface area contributed by atoms with E-state index < -0.39 is 0 Å². The zero-order chi connectivity index (χ0) is 13.4. The lowest BCUT2D eigenvalue weighted by molar-refractivity contribution is 1.05. The number of hydrogen-bond acceptors (Lipinski definition) is 5. The van der Waals surface area contributed by atoms with Crippen molar-refractivity contribution in [1.29, 1.82) is 0 Å². The van der Waals surface area contributed by atoms with Gasteiger partial charge in [0.15, 0.2) is 0 Å². The van der Waals surface area contributed by atoms with Crippen LogP contribution in [-0.2, 0) is 0 Å². The molecule has 0 aromatic carbocycles. The van der Waals surface area contributed by atoms with Crippen LogP contribution in [0.2, 0.25) is 0 Å². The van der Waals surface area contributed by atoms with Gasteiger partial charge in [-0.15, -0.1) is 0 Å². The van der Waals surface area contributed by atoms with Gasteiger partial charge in [0.05, 0.1) is 23.3 Å². The summed E-state index contributed by atoms with van der Waals surface area (Å²) in [5, 5.41) is 3.14. The highest BCUT2D eigenvalue weighted by Gasteiger charge is 2.04. The van der Waals surface area contributed by atoms with Crippen molar-refractivity contribution >= 4 is 11.5 Å². The quantitative estimate of drug-likeness (QED) is 0.882. The van der Waals surface area contributed by atoms with Crippen molar-refractivity contribution in [3.63, 3.8) is 0 Å². The average Bonchev–Trinajstić information content (AvgIpc) is 2.36. The van der Waals surface area contributed by atoms with Crippen molar-refractivity contribution in [3.05, 3.63) is 36.3 Å². The Bertz CT molecular complexity index is 455. The van der Waals surface area contributed by atoms with E-state index in [1.54, 1.807) is 24.9 Å². The molecule has 5 nitrogen and oxygen atoms in total. The summed E-state index contributed by atoms with van der Waals surface area (Å²) >= 11 is 0. The molecule has 0 saturated carbocycles. The van der Waals surface area contributed by atoms with Crippen LogP contribution in [-0.4, -0.2) is 19.9 Å². The first-order chi connectivity index (χ1) is 8.69. The molecule has 0 radical (unpaired) electrons. The second-order valence-electron chi connectivity index (χ2n) is 3.84. The molecule has 98 valence electrons. The van der Waals surface area contributed by atoms with Crippen LogP contribution in [0.15, 0.2) is 24.9 Å². The molecule has 18 heavy (non-hydrogen) atoms. The maximum Gasteiger partial charge on any atom is 0.148 e. The van der Waals surface area contributed by atoms with Crippen molar-refractivity contribution in [2.45, 2.75) is 34.1 Å². The Morgan fingerprint density at radius 2 is 1.67 bits per heavy atom. The minimum absolute atomic E-state index is 0. The molecule has 0 fully saturated rings. The molecule has 1 N–H and O–H groups in total. The molecule has 0 atom stereocenters. The topological polar surface area (TPSA) is 63.6 Å². The summed E-state index contributed by atoms with van der Waals surface area (Å²) in [6.45, 7) is 8.10. The molecule has 0 aliphatic carbocycles. The number of aromatic nitrogens is 4. The first kappa shape index (κ1) is 14.0. The lowest BCUT2D eigenvalue weighted by atomic mass is 10.3. The largest absolute Gasteiger partial charge is 0.336 e. The molecule has 0 unspecified atom stereocenters. The molecule has 5 heteroatoms. The predicted molar refractivity (Wildman–Crippen MR) is 74.9 cm³/mol. The van der Waals surface area contributed by atoms with Gasteiger partial charge in [-0.2, -0.15) is 0 Å². The number of nitrogens with one attached hydrogen (secondary N) is 1. The van der Waals surface area contributed by atoms with Gasteiger partial charge in [0.25, 0.3) is 0 Å². The molecular weight excluding hydrogens is 226 g/mol. The van der Waals surface area contributed by atoms with Crippen LogP contribution in [0.3, 0.4) is 0 Å². The first-order valence-corrected chi connectivity index (χ1v) is 6.00. The fourth-order valence-electron chi connectivity index (χ4n) is 1.27. The van der Waals surface area contributed by atoms with Crippen molar-refractivity contribution in [3.8, 4) is 0 Å². The molecule has 2 heterocycles. The van der Waals surface area contributed by atoms with E-state index in [1.807, 2.05) is 13.8 Å². The third-order valence-electron chi connectivity index (χ3n) is 2.04. The van der Waals surface area contributed by atoms with Gasteiger partial charge in [-0.3, -0.25) is 4.98 Å². The highest BCUT2D eigenvalue weighted by molar-refractivity contribution is 5.59. The molecule has 0 spiro atoms. The number of nitrogens with zero attached hydrogens (tertiary/aromatic N) is 4. The summed E-state index contributed by atoms with van der Waals surface area (Å²) in [4.78, 5) is 16.3. The van der Waals surface area contributed by atoms with E-state index in [9.17, 15) is 0 Å². The Morgan fingerprint density at radius 3 is 2.17 bits per heavy atom. The van der Waals surface area contributed by atoms with Crippen LogP contribution in [0.4, 0.5) is 11.5 Å². The van der Waals surface area contributed by atoms with Crippen molar-refractivity contribution in [2.75, 3.05) is 5.32 Å². The number of hydrogen-bond donors (Lipinski definition) is 1. The summed E-state index contributed by atoms with van der Waals surface area (Å²) < 4.78 is 0. The maximum absolute atomic E-state index is 4.13. The Labute approximate surface area is 109 Å². The SMILES string of the molecule is CCC.Cc1ncnc(C)c1Nc1cnccn1.[HH]. The van der Waals surface area contributed by atoms with Crippen molar-refractivity contribution < 1.29 is 1.43 Å². The van der Waals surface area contributed by atoms with Crippen LogP contribution in [0.1, 0.15) is 33.1 Å². The smallest absolute Gasteiger partial charge is 0.148 e. The number of anilines is 2. The second-order valence-corrected chi connectivity index (χ2v) is 3.84. The highest BCUT2D eigenvalue weighted by atomic mass is 15.0. The van der Waals surface area contributed by atoms with Crippen LogP contribution in [0.25, 0.3) is 0 Å². The third kappa shape index (κ3) is 4.08. The van der Waals surface area contributed by atoms with E-state index in [0.717, 1.165) is 17.1 Å². The first-order valence-electron chi connectivity index (χ1n) is 6.00. The summed E-state index contributed by atoms with van der Waals surface area (Å²) in [6.07, 6.45) is 7.72. The van der Waals surface area contributed by atoms with E-state index in [0.29, 0.717) is 5.82 Å². The van der Waals surface area contributed by atoms with Crippen molar-refractivity contribution in [2.24, 2.45) is 0 Å². The Kier molecular flexibility index (Phi) is 5.70. The van der Waals surface area contributed by atoms with Gasteiger partial charge in [0.1, 0.15) is 12.1 Å². The molecule has 0 saturated heterocycles. The zero-order valence-electron chi connectivity index (χ0n) is 11.3. The minimum atomic E-state index is 0. The van der Waals surface area contributed by atoms with Gasteiger partial charge < -0.3 is 5.32 Å². The van der Waals surface area contributed by atoms with Gasteiger partial charge in [-0.1, -0.05) is 20.3 Å². The van der Waals surface area contributed by atoms with Crippen LogP contribution < -0.4 is 5.32 Å². The van der Waals surface area contributed by atoms with E-state index in [2.05, 4.69) is 39.1 Å². The third-order valence-corrected chi connectivity index (χ3v) is 2.04. The van der Waals surface area contributed by atoms with Gasteiger partial charge in [0, 0.05) is 13.8 Å². The lowest BCUT2D eigenvalue weighted by Gasteiger charge is -2.09. The molecular formula is C13H21N5. The van der Waals surface area contributed by atoms with Gasteiger partial charge in [-0.05, 0) is 13.8 Å². The molecule has 2 rings (SSSR count). The second kappa shape index (κ2) is 7.32. The zero-order valence-corrected chi connectivity index (χ0v) is 11.3. The van der Waals surface area contributed by atoms with E-state index in [4.69, 9.17) is 0 Å². The Balaban J connectivity index is 0.000000742. The maximum atomic E-state index is 4.13. The summed E-state index contributed by atoms with van der Waals surface area (Å²) in [5.74, 6) is 0.693. The normalized spacial score (nSPS) is 9.33. The standard InChI is InChI=1S/C10H11N5.C3H8.H2/c1-7-10(8(2)14-6-13-7)15-9-5-11-3-4-12-9;1-3-2;/h3-6H,1-2H3,(H,12,15);3H2,1-2H3;1H. The number of aryl methyl sites for hydroxylation is 2. The van der Waals surface area contributed by atoms with Gasteiger partial charge in [0.2, 0.25) is 0 Å². The summed E-state index contributed by atoms with van der Waals surface area (Å²) in [5.41, 5.74) is 2.68. The monoisotopic (exact) mass is 247 g/mol. The van der Waals surface area contributed by atoms with Crippen LogP contribution in [0.5, 0.6) is 0 Å². The lowest BCUT2D eigenvalue weighted by Crippen LogP contribution is -2.01. The predicted octanol–water partition coefficient (Wildman–Crippen LogP) is 3.29. The van der Waals surface area contributed by atoms with Crippen LogP contribution in [0, 0.1) is 13.8 Å². The van der Waals surface area contributed by atoms with Crippen LogP contribution >= 0.6 is 0 Å². The van der Waals surface area contributed by atoms with Crippen molar-refractivity contribution in [1.82, 2.24) is 19.9 Å².